The smallest absolute Gasteiger partial charge is 0.136 e. The normalized spacial score (nSPS) is 12.2. The first-order valence-electron chi connectivity index (χ1n) is 18.6. The van der Waals surface area contributed by atoms with Gasteiger partial charge in [0, 0.05) is 36.3 Å². The third kappa shape index (κ3) is 4.63. The van der Waals surface area contributed by atoms with Gasteiger partial charge in [0.25, 0.3) is 0 Å². The molecule has 2 heteroatoms. The van der Waals surface area contributed by atoms with E-state index in [2.05, 4.69) is 184 Å². The number of furan rings is 1. The molecule has 0 unspecified atom stereocenters. The van der Waals surface area contributed by atoms with Gasteiger partial charge in [0.15, 0.2) is 0 Å². The molecule has 0 saturated heterocycles. The fraction of sp³-hybridized carbons (Fsp3) is 0.0385. The lowest BCUT2D eigenvalue weighted by Gasteiger charge is -2.18. The summed E-state index contributed by atoms with van der Waals surface area (Å²) in [5, 5.41) is 12.4. The van der Waals surface area contributed by atoms with Gasteiger partial charge in [-0.25, -0.2) is 0 Å². The van der Waals surface area contributed by atoms with E-state index in [1.165, 1.54) is 96.8 Å². The molecule has 0 bridgehead atoms. The molecular formula is C52H34OS. The Morgan fingerprint density at radius 2 is 1.07 bits per heavy atom. The maximum Gasteiger partial charge on any atom is 0.136 e. The number of rotatable bonds is 4. The molecule has 0 N–H and O–H groups in total. The zero-order valence-corrected chi connectivity index (χ0v) is 30.8. The largest absolute Gasteiger partial charge is 0.456 e. The molecule has 11 rings (SSSR count). The summed E-state index contributed by atoms with van der Waals surface area (Å²) in [5.41, 5.74) is 11.7. The van der Waals surface area contributed by atoms with Crippen LogP contribution in [-0.4, -0.2) is 0 Å². The summed E-state index contributed by atoms with van der Waals surface area (Å²) in [6.07, 6.45) is 4.30. The molecule has 0 atom stereocenters. The Hall–Kier alpha value is -6.48. The minimum Gasteiger partial charge on any atom is -0.456 e. The summed E-state index contributed by atoms with van der Waals surface area (Å²) in [5.74, 6) is 0. The molecule has 0 amide bonds. The summed E-state index contributed by atoms with van der Waals surface area (Å²) in [6.45, 7) is 4.25. The second-order valence-electron chi connectivity index (χ2n) is 14.4. The molecule has 254 valence electrons. The predicted molar refractivity (Wildman–Crippen MR) is 235 cm³/mol. The Morgan fingerprint density at radius 1 is 0.444 bits per heavy atom. The average Bonchev–Trinajstić information content (AvgIpc) is 3.79. The second kappa shape index (κ2) is 12.0. The summed E-state index contributed by atoms with van der Waals surface area (Å²) in [4.78, 5) is 0. The van der Waals surface area contributed by atoms with Gasteiger partial charge >= 0.3 is 0 Å². The van der Waals surface area contributed by atoms with Crippen LogP contribution in [0.25, 0.3) is 114 Å². The van der Waals surface area contributed by atoms with Crippen LogP contribution in [0.1, 0.15) is 18.1 Å². The highest BCUT2D eigenvalue weighted by atomic mass is 32.1. The van der Waals surface area contributed by atoms with Gasteiger partial charge < -0.3 is 4.42 Å². The predicted octanol–water partition coefficient (Wildman–Crippen LogP) is 15.8. The maximum atomic E-state index is 6.76. The van der Waals surface area contributed by atoms with Crippen LogP contribution in [0.15, 0.2) is 168 Å². The second-order valence-corrected chi connectivity index (χ2v) is 15.5. The lowest BCUT2D eigenvalue weighted by molar-refractivity contribution is 0.669. The summed E-state index contributed by atoms with van der Waals surface area (Å²) < 4.78 is 9.39. The van der Waals surface area contributed by atoms with Gasteiger partial charge in [0.1, 0.15) is 11.2 Å². The fourth-order valence-electron chi connectivity index (χ4n) is 8.84. The van der Waals surface area contributed by atoms with Crippen LogP contribution >= 0.6 is 11.3 Å². The molecule has 0 aliphatic rings. The molecule has 0 spiro atoms. The van der Waals surface area contributed by atoms with E-state index < -0.39 is 0 Å². The first-order chi connectivity index (χ1) is 26.6. The topological polar surface area (TPSA) is 13.1 Å². The molecule has 0 radical (unpaired) electrons. The summed E-state index contributed by atoms with van der Waals surface area (Å²) >= 11 is 1.86. The Labute approximate surface area is 317 Å². The first kappa shape index (κ1) is 31.1. The van der Waals surface area contributed by atoms with Gasteiger partial charge in [-0.05, 0) is 128 Å². The van der Waals surface area contributed by atoms with Crippen molar-refractivity contribution in [1.29, 1.82) is 0 Å². The van der Waals surface area contributed by atoms with Crippen molar-refractivity contribution < 1.29 is 4.42 Å². The van der Waals surface area contributed by atoms with Crippen molar-refractivity contribution in [1.82, 2.24) is 0 Å². The molecule has 0 aliphatic carbocycles. The average molecular weight is 707 g/mol. The minimum atomic E-state index is 0.909. The molecule has 1 nitrogen and oxygen atoms in total. The van der Waals surface area contributed by atoms with Gasteiger partial charge in [-0.2, -0.15) is 0 Å². The quantitative estimate of drug-likeness (QED) is 0.166. The third-order valence-corrected chi connectivity index (χ3v) is 12.4. The van der Waals surface area contributed by atoms with Crippen molar-refractivity contribution in [3.8, 4) is 33.4 Å². The van der Waals surface area contributed by atoms with Crippen molar-refractivity contribution in [3.05, 3.63) is 175 Å². The number of aryl methyl sites for hydroxylation is 1. The van der Waals surface area contributed by atoms with E-state index in [9.17, 15) is 0 Å². The summed E-state index contributed by atoms with van der Waals surface area (Å²) in [6, 6.07) is 58.1. The first-order valence-corrected chi connectivity index (χ1v) is 19.4. The SMILES string of the molecule is C/C=C\c1cc(-c2cccc(-c3c4ccccc4c(-c4ccc5c(c4)oc4ccc6ccc7sc8ccccc8c7c6c45)c4ccccc34)c2)ccc1C. The van der Waals surface area contributed by atoms with Gasteiger partial charge in [0.05, 0.1) is 0 Å². The van der Waals surface area contributed by atoms with E-state index in [0.717, 1.165) is 22.1 Å². The van der Waals surface area contributed by atoms with Crippen LogP contribution in [0.5, 0.6) is 0 Å². The third-order valence-electron chi connectivity index (χ3n) is 11.3. The lowest BCUT2D eigenvalue weighted by atomic mass is 9.85. The van der Waals surface area contributed by atoms with Crippen LogP contribution in [-0.2, 0) is 0 Å². The van der Waals surface area contributed by atoms with Crippen molar-refractivity contribution in [2.24, 2.45) is 0 Å². The van der Waals surface area contributed by atoms with Gasteiger partial charge in [-0.1, -0.05) is 127 Å². The molecule has 0 aliphatic heterocycles. The number of thiophene rings is 1. The number of hydrogen-bond donors (Lipinski definition) is 0. The van der Waals surface area contributed by atoms with Crippen molar-refractivity contribution in [3.63, 3.8) is 0 Å². The molecule has 0 saturated carbocycles. The van der Waals surface area contributed by atoms with E-state index in [-0.39, 0.29) is 0 Å². The molecule has 2 heterocycles. The number of hydrogen-bond acceptors (Lipinski definition) is 2. The molecule has 54 heavy (non-hydrogen) atoms. The van der Waals surface area contributed by atoms with Crippen LogP contribution < -0.4 is 0 Å². The molecule has 9 aromatic carbocycles. The van der Waals surface area contributed by atoms with Crippen LogP contribution in [0.2, 0.25) is 0 Å². The molecule has 11 aromatic rings. The van der Waals surface area contributed by atoms with Crippen LogP contribution in [0, 0.1) is 6.92 Å². The molecule has 2 aromatic heterocycles. The number of benzene rings is 9. The summed E-state index contributed by atoms with van der Waals surface area (Å²) in [7, 11) is 0. The Balaban J connectivity index is 1.14. The maximum absolute atomic E-state index is 6.76. The van der Waals surface area contributed by atoms with Crippen LogP contribution in [0.3, 0.4) is 0 Å². The van der Waals surface area contributed by atoms with E-state index in [1.54, 1.807) is 0 Å². The van der Waals surface area contributed by atoms with E-state index in [1.807, 2.05) is 11.3 Å². The molecule has 0 fully saturated rings. The standard InChI is InChI=1S/C52H34OS/c1-3-11-33-28-35(21-20-31(33)2)34-12-10-13-36(29-34)48-38-14-4-6-16-40(38)49(41-17-7-5-15-39(41)48)37-22-25-42-45(30-37)53-44-26-23-32-24-27-47-52(50(32)51(42)44)43-18-8-9-19-46(43)54-47/h3-30H,1-2H3/b11-3-. The molecular weight excluding hydrogens is 673 g/mol. The van der Waals surface area contributed by atoms with E-state index in [4.69, 9.17) is 4.42 Å². The Bertz CT molecular complexity index is 3300. The van der Waals surface area contributed by atoms with Crippen molar-refractivity contribution in [2.45, 2.75) is 13.8 Å². The monoisotopic (exact) mass is 706 g/mol. The zero-order valence-electron chi connectivity index (χ0n) is 30.0. The highest BCUT2D eigenvalue weighted by Crippen LogP contribution is 2.47. The van der Waals surface area contributed by atoms with Gasteiger partial charge in [0.2, 0.25) is 0 Å². The van der Waals surface area contributed by atoms with Crippen molar-refractivity contribution in [2.75, 3.05) is 0 Å². The number of fused-ring (bicyclic) bond motifs is 11. The zero-order chi connectivity index (χ0) is 35.9. The Kier molecular flexibility index (Phi) is 6.92. The van der Waals surface area contributed by atoms with E-state index in [0.29, 0.717) is 0 Å². The van der Waals surface area contributed by atoms with Gasteiger partial charge in [-0.15, -0.1) is 11.3 Å². The fourth-order valence-corrected chi connectivity index (χ4v) is 9.95. The lowest BCUT2D eigenvalue weighted by Crippen LogP contribution is -1.91. The highest BCUT2D eigenvalue weighted by Gasteiger charge is 2.20. The Morgan fingerprint density at radius 3 is 1.81 bits per heavy atom. The highest BCUT2D eigenvalue weighted by molar-refractivity contribution is 7.26. The number of allylic oxidation sites excluding steroid dienone is 1. The van der Waals surface area contributed by atoms with E-state index >= 15 is 0 Å². The van der Waals surface area contributed by atoms with Crippen LogP contribution in [0.4, 0.5) is 0 Å². The van der Waals surface area contributed by atoms with Gasteiger partial charge in [-0.3, -0.25) is 0 Å². The van der Waals surface area contributed by atoms with Crippen molar-refractivity contribution >= 4 is 91.8 Å². The minimum absolute atomic E-state index is 0.909.